The van der Waals surface area contributed by atoms with Crippen LogP contribution in [-0.2, 0) is 9.59 Å². The third kappa shape index (κ3) is 15.2. The van der Waals surface area contributed by atoms with Gasteiger partial charge in [-0.05, 0) is 19.8 Å². The molecule has 21 heavy (non-hydrogen) atoms. The van der Waals surface area contributed by atoms with E-state index < -0.39 is 0 Å². The Morgan fingerprint density at radius 1 is 0.667 bits per heavy atom. The third-order valence-electron chi connectivity index (χ3n) is 3.53. The van der Waals surface area contributed by atoms with E-state index >= 15 is 0 Å². The molecule has 2 amide bonds. The van der Waals surface area contributed by atoms with Crippen LogP contribution in [0.3, 0.4) is 0 Å². The maximum Gasteiger partial charge on any atom is 0.220 e. The smallest absolute Gasteiger partial charge is 0.220 e. The molecule has 0 atom stereocenters. The summed E-state index contributed by atoms with van der Waals surface area (Å²) in [4.78, 5) is 22.8. The molecule has 0 fully saturated rings. The molecule has 0 aliphatic heterocycles. The van der Waals surface area contributed by atoms with E-state index in [1.54, 1.807) is 0 Å². The van der Waals surface area contributed by atoms with Crippen molar-refractivity contribution < 1.29 is 9.59 Å². The van der Waals surface area contributed by atoms with Gasteiger partial charge in [0.05, 0.1) is 0 Å². The topological polar surface area (TPSA) is 58.2 Å². The fraction of sp³-hybridized carbons (Fsp3) is 0.882. The third-order valence-corrected chi connectivity index (χ3v) is 3.53. The predicted molar refractivity (Wildman–Crippen MR) is 88.2 cm³/mol. The van der Waals surface area contributed by atoms with Gasteiger partial charge in [-0.25, -0.2) is 0 Å². The Labute approximate surface area is 130 Å². The molecule has 0 unspecified atom stereocenters. The highest BCUT2D eigenvalue weighted by molar-refractivity contribution is 5.76. The molecule has 0 saturated heterocycles. The summed E-state index contributed by atoms with van der Waals surface area (Å²) in [5.41, 5.74) is 0. The molecule has 0 radical (unpaired) electrons. The largest absolute Gasteiger partial charge is 0.356 e. The van der Waals surface area contributed by atoms with Crippen LogP contribution in [0, 0.1) is 0 Å². The van der Waals surface area contributed by atoms with Gasteiger partial charge in [-0.15, -0.1) is 0 Å². The van der Waals surface area contributed by atoms with Gasteiger partial charge in [0, 0.05) is 25.9 Å². The van der Waals surface area contributed by atoms with Crippen molar-refractivity contribution in [3.63, 3.8) is 0 Å². The number of carbonyl (C=O) groups excluding carboxylic acids is 2. The molecule has 0 aromatic heterocycles. The highest BCUT2D eigenvalue weighted by Gasteiger charge is 2.02. The second-order valence-corrected chi connectivity index (χ2v) is 5.63. The first kappa shape index (κ1) is 19.9. The lowest BCUT2D eigenvalue weighted by Crippen LogP contribution is -2.27. The maximum atomic E-state index is 11.6. The quantitative estimate of drug-likeness (QED) is 0.482. The lowest BCUT2D eigenvalue weighted by molar-refractivity contribution is -0.123. The second-order valence-electron chi connectivity index (χ2n) is 5.63. The number of unbranched alkanes of at least 4 members (excludes halogenated alkanes) is 7. The summed E-state index contributed by atoms with van der Waals surface area (Å²) < 4.78 is 0. The van der Waals surface area contributed by atoms with Crippen molar-refractivity contribution in [3.8, 4) is 0 Å². The van der Waals surface area contributed by atoms with Crippen LogP contribution in [-0.4, -0.2) is 24.9 Å². The number of nitrogens with one attached hydrogen (secondary N) is 2. The van der Waals surface area contributed by atoms with E-state index in [4.69, 9.17) is 0 Å². The van der Waals surface area contributed by atoms with E-state index in [-0.39, 0.29) is 11.8 Å². The zero-order chi connectivity index (χ0) is 15.8. The van der Waals surface area contributed by atoms with Gasteiger partial charge in [0.25, 0.3) is 0 Å². The SMILES string of the molecule is CCCCCCCCCCC(=O)NCCCC(=O)NCC. The van der Waals surface area contributed by atoms with E-state index in [0.29, 0.717) is 25.9 Å². The van der Waals surface area contributed by atoms with E-state index in [2.05, 4.69) is 17.6 Å². The molecule has 0 heterocycles. The normalized spacial score (nSPS) is 10.4. The lowest BCUT2D eigenvalue weighted by atomic mass is 10.1. The number of hydrogen-bond acceptors (Lipinski definition) is 2. The number of hydrogen-bond donors (Lipinski definition) is 2. The standard InChI is InChI=1S/C17H34N2O2/c1-3-5-6-7-8-9-10-11-13-17(21)19-15-12-14-16(20)18-4-2/h3-15H2,1-2H3,(H,18,20)(H,19,21). The summed E-state index contributed by atoms with van der Waals surface area (Å²) in [6, 6.07) is 0. The number of amides is 2. The minimum Gasteiger partial charge on any atom is -0.356 e. The summed E-state index contributed by atoms with van der Waals surface area (Å²) in [7, 11) is 0. The molecular weight excluding hydrogens is 264 g/mol. The van der Waals surface area contributed by atoms with E-state index in [9.17, 15) is 9.59 Å². The lowest BCUT2D eigenvalue weighted by Gasteiger charge is -2.05. The van der Waals surface area contributed by atoms with Crippen molar-refractivity contribution >= 4 is 11.8 Å². The Morgan fingerprint density at radius 2 is 1.19 bits per heavy atom. The number of carbonyl (C=O) groups is 2. The summed E-state index contributed by atoms with van der Waals surface area (Å²) in [6.07, 6.45) is 11.8. The van der Waals surface area contributed by atoms with Crippen molar-refractivity contribution in [1.82, 2.24) is 10.6 Å². The van der Waals surface area contributed by atoms with Crippen LogP contribution in [0.1, 0.15) is 84.5 Å². The van der Waals surface area contributed by atoms with Gasteiger partial charge in [0.2, 0.25) is 11.8 Å². The van der Waals surface area contributed by atoms with Gasteiger partial charge in [-0.2, -0.15) is 0 Å². The first-order chi connectivity index (χ1) is 10.2. The molecule has 0 saturated carbocycles. The van der Waals surface area contributed by atoms with E-state index in [1.807, 2.05) is 6.92 Å². The van der Waals surface area contributed by atoms with Crippen molar-refractivity contribution in [1.29, 1.82) is 0 Å². The summed E-state index contributed by atoms with van der Waals surface area (Å²) in [5.74, 6) is 0.187. The van der Waals surface area contributed by atoms with Crippen LogP contribution in [0.4, 0.5) is 0 Å². The van der Waals surface area contributed by atoms with Crippen LogP contribution in [0.5, 0.6) is 0 Å². The van der Waals surface area contributed by atoms with Gasteiger partial charge in [0.15, 0.2) is 0 Å². The van der Waals surface area contributed by atoms with Crippen LogP contribution in [0.15, 0.2) is 0 Å². The minimum atomic E-state index is 0.0646. The van der Waals surface area contributed by atoms with Crippen molar-refractivity contribution in [2.45, 2.75) is 84.5 Å². The average molecular weight is 298 g/mol. The minimum absolute atomic E-state index is 0.0646. The average Bonchev–Trinajstić information content (AvgIpc) is 2.47. The molecule has 0 aliphatic carbocycles. The molecule has 124 valence electrons. The highest BCUT2D eigenvalue weighted by atomic mass is 16.2. The first-order valence-corrected chi connectivity index (χ1v) is 8.74. The summed E-state index contributed by atoms with van der Waals surface area (Å²) in [6.45, 7) is 5.41. The Bertz CT molecular complexity index is 268. The fourth-order valence-corrected chi connectivity index (χ4v) is 2.27. The molecule has 0 rings (SSSR count). The first-order valence-electron chi connectivity index (χ1n) is 8.74. The van der Waals surface area contributed by atoms with Crippen LogP contribution in [0.2, 0.25) is 0 Å². The highest BCUT2D eigenvalue weighted by Crippen LogP contribution is 2.09. The zero-order valence-electron chi connectivity index (χ0n) is 14.0. The van der Waals surface area contributed by atoms with Crippen LogP contribution >= 0.6 is 0 Å². The van der Waals surface area contributed by atoms with Gasteiger partial charge in [-0.3, -0.25) is 9.59 Å². The van der Waals surface area contributed by atoms with Gasteiger partial charge in [0.1, 0.15) is 0 Å². The summed E-state index contributed by atoms with van der Waals surface area (Å²) >= 11 is 0. The summed E-state index contributed by atoms with van der Waals surface area (Å²) in [5, 5.41) is 5.63. The second kappa shape index (κ2) is 15.3. The molecular formula is C17H34N2O2. The van der Waals surface area contributed by atoms with Gasteiger partial charge in [-0.1, -0.05) is 51.9 Å². The number of rotatable bonds is 14. The predicted octanol–water partition coefficient (Wildman–Crippen LogP) is 3.55. The molecule has 0 aliphatic rings. The molecule has 2 N–H and O–H groups in total. The Hall–Kier alpha value is -1.06. The molecule has 4 heteroatoms. The molecule has 0 aromatic rings. The Kier molecular flexibility index (Phi) is 14.6. The van der Waals surface area contributed by atoms with Crippen LogP contribution in [0.25, 0.3) is 0 Å². The Balaban J connectivity index is 3.25. The van der Waals surface area contributed by atoms with Crippen LogP contribution < -0.4 is 10.6 Å². The Morgan fingerprint density at radius 3 is 1.81 bits per heavy atom. The molecule has 0 aromatic carbocycles. The van der Waals surface area contributed by atoms with Crippen molar-refractivity contribution in [2.24, 2.45) is 0 Å². The van der Waals surface area contributed by atoms with Crippen molar-refractivity contribution in [3.05, 3.63) is 0 Å². The van der Waals surface area contributed by atoms with E-state index in [1.165, 1.54) is 38.5 Å². The van der Waals surface area contributed by atoms with E-state index in [0.717, 1.165) is 19.3 Å². The molecule has 0 bridgehead atoms. The van der Waals surface area contributed by atoms with Gasteiger partial charge < -0.3 is 10.6 Å². The fourth-order valence-electron chi connectivity index (χ4n) is 2.27. The maximum absolute atomic E-state index is 11.6. The molecule has 4 nitrogen and oxygen atoms in total. The van der Waals surface area contributed by atoms with Gasteiger partial charge >= 0.3 is 0 Å². The van der Waals surface area contributed by atoms with Crippen molar-refractivity contribution in [2.75, 3.05) is 13.1 Å². The zero-order valence-corrected chi connectivity index (χ0v) is 14.0. The monoisotopic (exact) mass is 298 g/mol. The molecule has 0 spiro atoms.